The van der Waals surface area contributed by atoms with Gasteiger partial charge in [-0.25, -0.2) is 0 Å². The van der Waals surface area contributed by atoms with Crippen molar-refractivity contribution < 1.29 is 14.3 Å². The van der Waals surface area contributed by atoms with Crippen LogP contribution in [0.4, 0.5) is 0 Å². The lowest BCUT2D eigenvalue weighted by Crippen LogP contribution is -2.48. The molecule has 0 fully saturated rings. The van der Waals surface area contributed by atoms with Crippen LogP contribution in [0.15, 0.2) is 53.0 Å². The SMILES string of the molecule is CNC(=O)C(C)N(Cc1cccc(Br)c1)C(=O)COc1ccccc1Cl. The quantitative estimate of drug-likeness (QED) is 0.716. The Bertz CT molecular complexity index is 785. The zero-order valence-corrected chi connectivity index (χ0v) is 16.9. The van der Waals surface area contributed by atoms with Gasteiger partial charge in [-0.2, -0.15) is 0 Å². The second-order valence-corrected chi connectivity index (χ2v) is 6.98. The van der Waals surface area contributed by atoms with Gasteiger partial charge >= 0.3 is 0 Å². The van der Waals surface area contributed by atoms with Gasteiger partial charge < -0.3 is 15.0 Å². The van der Waals surface area contributed by atoms with E-state index in [0.717, 1.165) is 10.0 Å². The number of para-hydroxylation sites is 1. The zero-order chi connectivity index (χ0) is 19.1. The summed E-state index contributed by atoms with van der Waals surface area (Å²) in [6, 6.07) is 13.9. The first-order valence-electron chi connectivity index (χ1n) is 8.05. The number of nitrogens with zero attached hydrogens (tertiary/aromatic N) is 1. The minimum absolute atomic E-state index is 0.209. The fourth-order valence-electron chi connectivity index (χ4n) is 2.41. The Balaban J connectivity index is 2.15. The molecule has 0 aliphatic carbocycles. The van der Waals surface area contributed by atoms with E-state index in [4.69, 9.17) is 16.3 Å². The highest BCUT2D eigenvalue weighted by molar-refractivity contribution is 9.10. The molecule has 0 spiro atoms. The number of amides is 2. The van der Waals surface area contributed by atoms with Gasteiger partial charge in [0.25, 0.3) is 5.91 Å². The van der Waals surface area contributed by atoms with Crippen molar-refractivity contribution in [3.8, 4) is 5.75 Å². The topological polar surface area (TPSA) is 58.6 Å². The number of hydrogen-bond donors (Lipinski definition) is 1. The summed E-state index contributed by atoms with van der Waals surface area (Å²) in [4.78, 5) is 26.3. The molecule has 0 radical (unpaired) electrons. The van der Waals surface area contributed by atoms with E-state index in [1.807, 2.05) is 24.3 Å². The highest BCUT2D eigenvalue weighted by Crippen LogP contribution is 2.23. The Labute approximate surface area is 166 Å². The van der Waals surface area contributed by atoms with Gasteiger partial charge in [0.1, 0.15) is 11.8 Å². The van der Waals surface area contributed by atoms with E-state index in [1.165, 1.54) is 4.90 Å². The summed E-state index contributed by atoms with van der Waals surface area (Å²) in [5.41, 5.74) is 0.904. The molecule has 2 aromatic rings. The van der Waals surface area contributed by atoms with Gasteiger partial charge in [0, 0.05) is 18.1 Å². The Morgan fingerprint density at radius 1 is 1.23 bits per heavy atom. The molecule has 0 aliphatic heterocycles. The van der Waals surface area contributed by atoms with E-state index in [2.05, 4.69) is 21.2 Å². The van der Waals surface area contributed by atoms with E-state index < -0.39 is 6.04 Å². The number of nitrogens with one attached hydrogen (secondary N) is 1. The summed E-state index contributed by atoms with van der Waals surface area (Å²) in [7, 11) is 1.54. The molecule has 2 rings (SSSR count). The van der Waals surface area contributed by atoms with Crippen molar-refractivity contribution in [3.05, 3.63) is 63.6 Å². The Morgan fingerprint density at radius 2 is 1.96 bits per heavy atom. The van der Waals surface area contributed by atoms with Gasteiger partial charge in [0.2, 0.25) is 5.91 Å². The van der Waals surface area contributed by atoms with Crippen molar-refractivity contribution in [2.45, 2.75) is 19.5 Å². The molecule has 2 amide bonds. The maximum atomic E-state index is 12.7. The van der Waals surface area contributed by atoms with E-state index in [1.54, 1.807) is 38.2 Å². The number of rotatable bonds is 7. The summed E-state index contributed by atoms with van der Waals surface area (Å²) in [6.07, 6.45) is 0. The minimum atomic E-state index is -0.638. The molecular formula is C19H20BrClN2O3. The van der Waals surface area contributed by atoms with Crippen LogP contribution in [-0.4, -0.2) is 36.4 Å². The molecule has 2 aromatic carbocycles. The Kier molecular flexibility index (Phi) is 7.48. The van der Waals surface area contributed by atoms with Crippen molar-refractivity contribution in [1.82, 2.24) is 10.2 Å². The van der Waals surface area contributed by atoms with Crippen LogP contribution in [0.2, 0.25) is 5.02 Å². The van der Waals surface area contributed by atoms with Crippen LogP contribution in [-0.2, 0) is 16.1 Å². The van der Waals surface area contributed by atoms with Crippen LogP contribution in [0.1, 0.15) is 12.5 Å². The monoisotopic (exact) mass is 438 g/mol. The first kappa shape index (κ1) is 20.3. The smallest absolute Gasteiger partial charge is 0.261 e. The average molecular weight is 440 g/mol. The first-order valence-corrected chi connectivity index (χ1v) is 9.22. The normalized spacial score (nSPS) is 11.5. The fourth-order valence-corrected chi connectivity index (χ4v) is 3.04. The predicted octanol–water partition coefficient (Wildman–Crippen LogP) is 3.64. The molecule has 0 aliphatic rings. The summed E-state index contributed by atoms with van der Waals surface area (Å²) >= 11 is 9.47. The molecule has 5 nitrogen and oxygen atoms in total. The van der Waals surface area contributed by atoms with Crippen LogP contribution in [0.25, 0.3) is 0 Å². The molecule has 0 saturated carbocycles. The Hall–Kier alpha value is -2.05. The second-order valence-electron chi connectivity index (χ2n) is 5.66. The molecule has 0 saturated heterocycles. The standard InChI is InChI=1S/C19H20BrClN2O3/c1-13(19(25)22-2)23(11-14-6-5-7-15(20)10-14)18(24)12-26-17-9-4-3-8-16(17)21/h3-10,13H,11-12H2,1-2H3,(H,22,25). The van der Waals surface area contributed by atoms with E-state index in [-0.39, 0.29) is 18.4 Å². The maximum absolute atomic E-state index is 12.7. The average Bonchev–Trinajstić information content (AvgIpc) is 2.64. The number of benzene rings is 2. The van der Waals surface area contributed by atoms with Crippen molar-refractivity contribution in [2.75, 3.05) is 13.7 Å². The van der Waals surface area contributed by atoms with E-state index in [9.17, 15) is 9.59 Å². The lowest BCUT2D eigenvalue weighted by molar-refractivity contribution is -0.142. The maximum Gasteiger partial charge on any atom is 0.261 e. The van der Waals surface area contributed by atoms with Gasteiger partial charge in [-0.15, -0.1) is 0 Å². The largest absolute Gasteiger partial charge is 0.482 e. The van der Waals surface area contributed by atoms with Crippen LogP contribution in [0.5, 0.6) is 5.75 Å². The Morgan fingerprint density at radius 3 is 2.62 bits per heavy atom. The van der Waals surface area contributed by atoms with Crippen LogP contribution in [0.3, 0.4) is 0 Å². The van der Waals surface area contributed by atoms with Gasteiger partial charge in [-0.1, -0.05) is 51.8 Å². The number of ether oxygens (including phenoxy) is 1. The summed E-state index contributed by atoms with van der Waals surface area (Å²) in [5, 5.41) is 3.01. The highest BCUT2D eigenvalue weighted by Gasteiger charge is 2.26. The number of carbonyl (C=O) groups is 2. The number of hydrogen-bond acceptors (Lipinski definition) is 3. The first-order chi connectivity index (χ1) is 12.4. The number of halogens is 2. The molecule has 1 N–H and O–H groups in total. The molecule has 138 valence electrons. The van der Waals surface area contributed by atoms with Gasteiger partial charge in [0.05, 0.1) is 5.02 Å². The third-order valence-corrected chi connectivity index (χ3v) is 4.65. The molecule has 0 heterocycles. The van der Waals surface area contributed by atoms with Crippen molar-refractivity contribution in [1.29, 1.82) is 0 Å². The van der Waals surface area contributed by atoms with Crippen LogP contribution in [0, 0.1) is 0 Å². The van der Waals surface area contributed by atoms with Gasteiger partial charge in [-0.3, -0.25) is 9.59 Å². The third-order valence-electron chi connectivity index (χ3n) is 3.84. The molecular weight excluding hydrogens is 420 g/mol. The highest BCUT2D eigenvalue weighted by atomic mass is 79.9. The fraction of sp³-hybridized carbons (Fsp3) is 0.263. The van der Waals surface area contributed by atoms with Crippen LogP contribution < -0.4 is 10.1 Å². The minimum Gasteiger partial charge on any atom is -0.482 e. The zero-order valence-electron chi connectivity index (χ0n) is 14.5. The van der Waals surface area contributed by atoms with Crippen LogP contribution >= 0.6 is 27.5 Å². The number of likely N-dealkylation sites (N-methyl/N-ethyl adjacent to an activating group) is 1. The van der Waals surface area contributed by atoms with Crippen molar-refractivity contribution in [3.63, 3.8) is 0 Å². The lowest BCUT2D eigenvalue weighted by Gasteiger charge is -2.28. The van der Waals surface area contributed by atoms with Crippen molar-refractivity contribution in [2.24, 2.45) is 0 Å². The predicted molar refractivity (Wildman–Crippen MR) is 105 cm³/mol. The van der Waals surface area contributed by atoms with E-state index in [0.29, 0.717) is 17.3 Å². The summed E-state index contributed by atoms with van der Waals surface area (Å²) < 4.78 is 6.45. The van der Waals surface area contributed by atoms with E-state index >= 15 is 0 Å². The van der Waals surface area contributed by atoms with Crippen molar-refractivity contribution >= 4 is 39.3 Å². The molecule has 0 aromatic heterocycles. The molecule has 1 atom stereocenters. The van der Waals surface area contributed by atoms with Gasteiger partial charge in [-0.05, 0) is 36.8 Å². The summed E-state index contributed by atoms with van der Waals surface area (Å²) in [6.45, 7) is 1.77. The molecule has 0 bridgehead atoms. The molecule has 7 heteroatoms. The molecule has 1 unspecified atom stereocenters. The molecule has 26 heavy (non-hydrogen) atoms. The van der Waals surface area contributed by atoms with Gasteiger partial charge in [0.15, 0.2) is 6.61 Å². The summed E-state index contributed by atoms with van der Waals surface area (Å²) in [5.74, 6) is -0.121. The second kappa shape index (κ2) is 9.59. The third kappa shape index (κ3) is 5.47. The lowest BCUT2D eigenvalue weighted by atomic mass is 10.1. The number of carbonyl (C=O) groups excluding carboxylic acids is 2.